The second kappa shape index (κ2) is 5.54. The molecule has 3 nitrogen and oxygen atoms in total. The monoisotopic (exact) mass is 316 g/mol. The summed E-state index contributed by atoms with van der Waals surface area (Å²) >= 11 is 0. The number of carbonyl (C=O) groups excluding carboxylic acids is 2. The normalized spacial score (nSPS) is 45.7. The molecule has 0 saturated heterocycles. The molecule has 4 rings (SSSR count). The molecular weight excluding hydrogens is 288 g/mol. The molecule has 4 aliphatic carbocycles. The number of hydrogen-bond donors (Lipinski definition) is 1. The number of fused-ring (bicyclic) bond motifs is 5. The SMILES string of the molecule is C[C@]12CC[C@H]3[C@@H](CCC4=CC(=O)CC[C@@H]43)[C@@H]1CC[C@@H]2C(=O)CO. The molecule has 0 aliphatic heterocycles. The van der Waals surface area contributed by atoms with E-state index in [4.69, 9.17) is 0 Å². The molecule has 23 heavy (non-hydrogen) atoms. The highest BCUT2D eigenvalue weighted by Gasteiger charge is 2.57. The number of allylic oxidation sites excluding steroid dienone is 1. The van der Waals surface area contributed by atoms with Gasteiger partial charge in [0.1, 0.15) is 6.61 Å². The first-order chi connectivity index (χ1) is 11.0. The van der Waals surface area contributed by atoms with Crippen LogP contribution in [0.1, 0.15) is 58.3 Å². The van der Waals surface area contributed by atoms with Gasteiger partial charge in [0.05, 0.1) is 0 Å². The first-order valence-electron chi connectivity index (χ1n) is 9.41. The molecule has 0 aromatic carbocycles. The van der Waals surface area contributed by atoms with Crippen molar-refractivity contribution in [3.63, 3.8) is 0 Å². The van der Waals surface area contributed by atoms with Gasteiger partial charge >= 0.3 is 0 Å². The standard InChI is InChI=1S/C20H28O3/c1-20-9-8-15-14-5-3-13(22)10-12(14)2-4-16(15)17(20)6-7-18(20)19(23)11-21/h10,14-18,21H,2-9,11H2,1H3/t14-,15+,16+,17-,18+,20-/m0/s1. The van der Waals surface area contributed by atoms with E-state index in [0.29, 0.717) is 17.6 Å². The third-order valence-corrected chi connectivity index (χ3v) is 7.84. The first-order valence-corrected chi connectivity index (χ1v) is 9.41. The van der Waals surface area contributed by atoms with Crippen LogP contribution >= 0.6 is 0 Å². The summed E-state index contributed by atoms with van der Waals surface area (Å²) < 4.78 is 0. The largest absolute Gasteiger partial charge is 0.389 e. The molecule has 0 bridgehead atoms. The predicted octanol–water partition coefficient (Wildman–Crippen LogP) is 3.31. The first kappa shape index (κ1) is 15.6. The van der Waals surface area contributed by atoms with Crippen LogP contribution in [0.2, 0.25) is 0 Å². The second-order valence-electron chi connectivity index (χ2n) is 8.60. The number of hydrogen-bond acceptors (Lipinski definition) is 3. The summed E-state index contributed by atoms with van der Waals surface area (Å²) in [6.45, 7) is 2.02. The highest BCUT2D eigenvalue weighted by molar-refractivity contribution is 5.91. The molecule has 0 spiro atoms. The predicted molar refractivity (Wildman–Crippen MR) is 87.7 cm³/mol. The van der Waals surface area contributed by atoms with Gasteiger partial charge in [0.25, 0.3) is 0 Å². The Hall–Kier alpha value is -0.960. The van der Waals surface area contributed by atoms with Crippen molar-refractivity contribution in [2.75, 3.05) is 6.61 Å². The molecule has 3 saturated carbocycles. The molecule has 126 valence electrons. The van der Waals surface area contributed by atoms with E-state index in [1.165, 1.54) is 18.4 Å². The van der Waals surface area contributed by atoms with Crippen molar-refractivity contribution >= 4 is 11.6 Å². The zero-order valence-corrected chi connectivity index (χ0v) is 14.1. The van der Waals surface area contributed by atoms with Crippen LogP contribution in [-0.4, -0.2) is 23.3 Å². The van der Waals surface area contributed by atoms with Gasteiger partial charge < -0.3 is 5.11 Å². The Morgan fingerprint density at radius 3 is 2.78 bits per heavy atom. The fourth-order valence-electron chi connectivity index (χ4n) is 6.82. The molecule has 0 amide bonds. The van der Waals surface area contributed by atoms with Gasteiger partial charge in [0.15, 0.2) is 11.6 Å². The molecule has 0 aromatic heterocycles. The molecule has 0 unspecified atom stereocenters. The van der Waals surface area contributed by atoms with Crippen molar-refractivity contribution in [2.45, 2.75) is 58.3 Å². The van der Waals surface area contributed by atoms with Crippen LogP contribution < -0.4 is 0 Å². The van der Waals surface area contributed by atoms with E-state index in [2.05, 4.69) is 6.92 Å². The van der Waals surface area contributed by atoms with Gasteiger partial charge in [-0.15, -0.1) is 0 Å². The maximum absolute atomic E-state index is 12.2. The van der Waals surface area contributed by atoms with E-state index < -0.39 is 0 Å². The Morgan fingerprint density at radius 2 is 2.00 bits per heavy atom. The lowest BCUT2D eigenvalue weighted by molar-refractivity contribution is -0.132. The quantitative estimate of drug-likeness (QED) is 0.850. The van der Waals surface area contributed by atoms with Crippen molar-refractivity contribution in [2.24, 2.45) is 35.0 Å². The Balaban J connectivity index is 1.60. The van der Waals surface area contributed by atoms with Crippen LogP contribution in [-0.2, 0) is 9.59 Å². The van der Waals surface area contributed by atoms with Crippen molar-refractivity contribution in [1.29, 1.82) is 0 Å². The number of Topliss-reactive ketones (excluding diaryl/α,β-unsaturated/α-hetero) is 1. The summed E-state index contributed by atoms with van der Waals surface area (Å²) in [5.41, 5.74) is 1.53. The van der Waals surface area contributed by atoms with E-state index in [-0.39, 0.29) is 23.7 Å². The fraction of sp³-hybridized carbons (Fsp3) is 0.800. The van der Waals surface area contributed by atoms with E-state index in [1.54, 1.807) is 0 Å². The third-order valence-electron chi connectivity index (χ3n) is 7.84. The van der Waals surface area contributed by atoms with E-state index in [9.17, 15) is 14.7 Å². The van der Waals surface area contributed by atoms with Crippen molar-refractivity contribution < 1.29 is 14.7 Å². The Labute approximate surface area is 138 Å². The van der Waals surface area contributed by atoms with Gasteiger partial charge in [-0.05, 0) is 80.1 Å². The van der Waals surface area contributed by atoms with Gasteiger partial charge in [-0.1, -0.05) is 12.5 Å². The van der Waals surface area contributed by atoms with Crippen LogP contribution in [0.4, 0.5) is 0 Å². The fourth-order valence-corrected chi connectivity index (χ4v) is 6.82. The Morgan fingerprint density at radius 1 is 1.17 bits per heavy atom. The highest BCUT2D eigenvalue weighted by atomic mass is 16.3. The lowest BCUT2D eigenvalue weighted by Crippen LogP contribution is -2.47. The van der Waals surface area contributed by atoms with Crippen LogP contribution in [0.15, 0.2) is 11.6 Å². The molecule has 6 atom stereocenters. The van der Waals surface area contributed by atoms with E-state index in [1.807, 2.05) is 6.08 Å². The average molecular weight is 316 g/mol. The minimum atomic E-state index is -0.293. The van der Waals surface area contributed by atoms with E-state index in [0.717, 1.165) is 50.4 Å². The Kier molecular flexibility index (Phi) is 3.75. The molecule has 3 fully saturated rings. The number of rotatable bonds is 2. The van der Waals surface area contributed by atoms with Crippen LogP contribution in [0.5, 0.6) is 0 Å². The lowest BCUT2D eigenvalue weighted by Gasteiger charge is -2.53. The number of aliphatic hydroxyl groups is 1. The number of carbonyl (C=O) groups is 2. The minimum absolute atomic E-state index is 0.0631. The maximum Gasteiger partial charge on any atom is 0.161 e. The zero-order valence-electron chi connectivity index (χ0n) is 14.1. The van der Waals surface area contributed by atoms with Crippen LogP contribution in [0, 0.1) is 35.0 Å². The summed E-state index contributed by atoms with van der Waals surface area (Å²) in [4.78, 5) is 23.9. The van der Waals surface area contributed by atoms with Crippen molar-refractivity contribution in [3.05, 3.63) is 11.6 Å². The third kappa shape index (κ3) is 2.26. The maximum atomic E-state index is 12.2. The van der Waals surface area contributed by atoms with Crippen LogP contribution in [0.25, 0.3) is 0 Å². The molecule has 1 N–H and O–H groups in total. The second-order valence-corrected chi connectivity index (χ2v) is 8.60. The Bertz CT molecular complexity index is 563. The summed E-state index contributed by atoms with van der Waals surface area (Å²) in [6, 6.07) is 0. The topological polar surface area (TPSA) is 54.4 Å². The zero-order chi connectivity index (χ0) is 16.2. The van der Waals surface area contributed by atoms with Gasteiger partial charge in [-0.25, -0.2) is 0 Å². The molecule has 0 radical (unpaired) electrons. The van der Waals surface area contributed by atoms with Crippen molar-refractivity contribution in [1.82, 2.24) is 0 Å². The smallest absolute Gasteiger partial charge is 0.161 e. The van der Waals surface area contributed by atoms with Gasteiger partial charge in [-0.3, -0.25) is 9.59 Å². The van der Waals surface area contributed by atoms with E-state index >= 15 is 0 Å². The lowest BCUT2D eigenvalue weighted by atomic mass is 9.51. The minimum Gasteiger partial charge on any atom is -0.389 e. The molecule has 3 heteroatoms. The van der Waals surface area contributed by atoms with Crippen LogP contribution in [0.3, 0.4) is 0 Å². The molecular formula is C20H28O3. The van der Waals surface area contributed by atoms with Gasteiger partial charge in [0.2, 0.25) is 0 Å². The van der Waals surface area contributed by atoms with Gasteiger partial charge in [-0.2, -0.15) is 0 Å². The number of ketones is 2. The van der Waals surface area contributed by atoms with Crippen molar-refractivity contribution in [3.8, 4) is 0 Å². The summed E-state index contributed by atoms with van der Waals surface area (Å²) in [5, 5.41) is 9.32. The van der Waals surface area contributed by atoms with Gasteiger partial charge in [0, 0.05) is 12.3 Å². The molecule has 0 heterocycles. The highest BCUT2D eigenvalue weighted by Crippen LogP contribution is 2.63. The average Bonchev–Trinajstić information content (AvgIpc) is 2.90. The number of aliphatic hydroxyl groups excluding tert-OH is 1. The molecule has 4 aliphatic rings. The molecule has 0 aromatic rings. The summed E-state index contributed by atoms with van der Waals surface area (Å²) in [6.07, 6.45) is 10.4. The summed E-state index contributed by atoms with van der Waals surface area (Å²) in [5.74, 6) is 3.18. The summed E-state index contributed by atoms with van der Waals surface area (Å²) in [7, 11) is 0.